The van der Waals surface area contributed by atoms with Gasteiger partial charge in [0.15, 0.2) is 5.65 Å². The van der Waals surface area contributed by atoms with Crippen molar-refractivity contribution in [3.63, 3.8) is 0 Å². The number of nitrogens with zero attached hydrogens (tertiary/aromatic N) is 6. The van der Waals surface area contributed by atoms with Gasteiger partial charge < -0.3 is 9.42 Å². The lowest BCUT2D eigenvalue weighted by Gasteiger charge is -2.34. The lowest BCUT2D eigenvalue weighted by Crippen LogP contribution is -2.46. The fourth-order valence-electron chi connectivity index (χ4n) is 3.73. The van der Waals surface area contributed by atoms with Crippen LogP contribution in [0.15, 0.2) is 28.9 Å². The molecule has 3 aromatic heterocycles. The van der Waals surface area contributed by atoms with E-state index in [2.05, 4.69) is 60.1 Å². The van der Waals surface area contributed by atoms with Crippen LogP contribution in [0, 0.1) is 0 Å². The molecule has 7 nitrogen and oxygen atoms in total. The molecule has 5 rings (SSSR count). The summed E-state index contributed by atoms with van der Waals surface area (Å²) in [7, 11) is 0. The number of piperazine rings is 1. The third-order valence-electron chi connectivity index (χ3n) is 5.71. The van der Waals surface area contributed by atoms with Gasteiger partial charge in [-0.1, -0.05) is 25.9 Å². The number of aromatic nitrogens is 4. The first-order chi connectivity index (χ1) is 13.5. The Bertz CT molecular complexity index is 972. The molecule has 0 aromatic carbocycles. The zero-order chi connectivity index (χ0) is 19.3. The molecule has 0 radical (unpaired) electrons. The molecule has 1 aliphatic heterocycles. The molecule has 1 aliphatic carbocycles. The summed E-state index contributed by atoms with van der Waals surface area (Å²) in [6.45, 7) is 11.3. The van der Waals surface area contributed by atoms with Gasteiger partial charge in [-0.05, 0) is 25.0 Å². The second kappa shape index (κ2) is 6.58. The Morgan fingerprint density at radius 3 is 2.61 bits per heavy atom. The van der Waals surface area contributed by atoms with Gasteiger partial charge in [-0.15, -0.1) is 5.10 Å². The van der Waals surface area contributed by atoms with E-state index in [-0.39, 0.29) is 5.41 Å². The summed E-state index contributed by atoms with van der Waals surface area (Å²) in [6, 6.07) is 6.30. The molecule has 7 heteroatoms. The molecule has 0 bridgehead atoms. The second-order valence-corrected chi connectivity index (χ2v) is 9.13. The molecular formula is C21H28N6O. The molecule has 2 fully saturated rings. The minimum absolute atomic E-state index is 0.0278. The maximum atomic E-state index is 5.48. The van der Waals surface area contributed by atoms with Gasteiger partial charge in [-0.2, -0.15) is 0 Å². The highest BCUT2D eigenvalue weighted by Gasteiger charge is 2.28. The third kappa shape index (κ3) is 3.51. The summed E-state index contributed by atoms with van der Waals surface area (Å²) in [6.07, 6.45) is 4.55. The predicted octanol–water partition coefficient (Wildman–Crippen LogP) is 3.21. The van der Waals surface area contributed by atoms with E-state index in [9.17, 15) is 0 Å². The normalized spacial score (nSPS) is 18.9. The Hall–Kier alpha value is -2.41. The van der Waals surface area contributed by atoms with Gasteiger partial charge in [-0.25, -0.2) is 9.50 Å². The molecule has 0 amide bonds. The molecule has 0 atom stereocenters. The number of hydrogen-bond donors (Lipinski definition) is 0. The zero-order valence-electron chi connectivity index (χ0n) is 16.9. The Balaban J connectivity index is 1.23. The van der Waals surface area contributed by atoms with E-state index in [1.54, 1.807) is 0 Å². The monoisotopic (exact) mass is 380 g/mol. The van der Waals surface area contributed by atoms with Crippen LogP contribution in [0.4, 0.5) is 5.82 Å². The van der Waals surface area contributed by atoms with Crippen molar-refractivity contribution in [2.75, 3.05) is 31.1 Å². The van der Waals surface area contributed by atoms with Gasteiger partial charge in [-0.3, -0.25) is 4.90 Å². The first kappa shape index (κ1) is 17.7. The van der Waals surface area contributed by atoms with Crippen LogP contribution in [-0.2, 0) is 12.0 Å². The number of imidazole rings is 1. The van der Waals surface area contributed by atoms with Crippen LogP contribution < -0.4 is 4.90 Å². The fourth-order valence-corrected chi connectivity index (χ4v) is 3.73. The summed E-state index contributed by atoms with van der Waals surface area (Å²) < 4.78 is 7.40. The lowest BCUT2D eigenvalue weighted by atomic mass is 9.93. The van der Waals surface area contributed by atoms with Crippen LogP contribution in [0.1, 0.15) is 56.7 Å². The third-order valence-corrected chi connectivity index (χ3v) is 5.71. The van der Waals surface area contributed by atoms with Crippen LogP contribution in [0.2, 0.25) is 0 Å². The fraction of sp³-hybridized carbons (Fsp3) is 0.571. The molecule has 0 spiro atoms. The minimum atomic E-state index is 0.0278. The quantitative estimate of drug-likeness (QED) is 0.693. The molecular weight excluding hydrogens is 352 g/mol. The van der Waals surface area contributed by atoms with Crippen LogP contribution in [0.25, 0.3) is 5.65 Å². The Morgan fingerprint density at radius 2 is 1.89 bits per heavy atom. The Labute approximate surface area is 165 Å². The van der Waals surface area contributed by atoms with Crippen LogP contribution >= 0.6 is 0 Å². The van der Waals surface area contributed by atoms with Gasteiger partial charge in [0.25, 0.3) is 0 Å². The SMILES string of the molecule is CC(C)(C)c1cn2nc(N3CCN(Cc4cc(C5CC5)on4)CC3)ccc2n1. The standard InChI is InChI=1S/C21H28N6O/c1-21(2,3)18-14-27-19(22-18)6-7-20(23-27)26-10-8-25(9-11-26)13-16-12-17(28-24-16)15-4-5-15/h6-7,12,14-15H,4-5,8-11,13H2,1-3H3. The highest BCUT2D eigenvalue weighted by atomic mass is 16.5. The van der Waals surface area contributed by atoms with E-state index in [4.69, 9.17) is 14.6 Å². The highest BCUT2D eigenvalue weighted by Crippen LogP contribution is 2.40. The summed E-state index contributed by atoms with van der Waals surface area (Å²) in [5.41, 5.74) is 3.06. The van der Waals surface area contributed by atoms with Crippen LogP contribution in [0.5, 0.6) is 0 Å². The van der Waals surface area contributed by atoms with Crippen molar-refractivity contribution in [1.29, 1.82) is 0 Å². The van der Waals surface area contributed by atoms with E-state index in [0.717, 1.165) is 61.3 Å². The van der Waals surface area contributed by atoms with Crippen molar-refractivity contribution in [3.05, 3.63) is 41.5 Å². The summed E-state index contributed by atoms with van der Waals surface area (Å²) >= 11 is 0. The number of rotatable bonds is 4. The maximum Gasteiger partial charge on any atom is 0.153 e. The topological polar surface area (TPSA) is 62.7 Å². The summed E-state index contributed by atoms with van der Waals surface area (Å²) in [5.74, 6) is 2.71. The first-order valence-corrected chi connectivity index (χ1v) is 10.3. The predicted molar refractivity (Wildman–Crippen MR) is 108 cm³/mol. The average molecular weight is 380 g/mol. The molecule has 2 aliphatic rings. The summed E-state index contributed by atoms with van der Waals surface area (Å²) in [4.78, 5) is 9.50. The molecule has 28 heavy (non-hydrogen) atoms. The van der Waals surface area contributed by atoms with Crippen LogP contribution in [0.3, 0.4) is 0 Å². The Kier molecular flexibility index (Phi) is 4.16. The van der Waals surface area contributed by atoms with Gasteiger partial charge in [0, 0.05) is 50.1 Å². The molecule has 1 saturated carbocycles. The van der Waals surface area contributed by atoms with Crippen molar-refractivity contribution in [1.82, 2.24) is 24.7 Å². The van der Waals surface area contributed by atoms with Crippen molar-refractivity contribution in [2.24, 2.45) is 0 Å². The minimum Gasteiger partial charge on any atom is -0.361 e. The molecule has 148 valence electrons. The van der Waals surface area contributed by atoms with E-state index in [1.807, 2.05) is 4.52 Å². The highest BCUT2D eigenvalue weighted by molar-refractivity contribution is 5.47. The summed E-state index contributed by atoms with van der Waals surface area (Å²) in [5, 5.41) is 9.06. The maximum absolute atomic E-state index is 5.48. The van der Waals surface area contributed by atoms with E-state index in [0.29, 0.717) is 5.92 Å². The smallest absolute Gasteiger partial charge is 0.153 e. The number of anilines is 1. The van der Waals surface area contributed by atoms with Crippen molar-refractivity contribution < 1.29 is 4.52 Å². The van der Waals surface area contributed by atoms with E-state index in [1.165, 1.54) is 12.8 Å². The average Bonchev–Trinajstić information content (AvgIpc) is 3.25. The zero-order valence-corrected chi connectivity index (χ0v) is 16.9. The van der Waals surface area contributed by atoms with Crippen LogP contribution in [-0.4, -0.2) is 50.8 Å². The molecule has 4 heterocycles. The molecule has 0 unspecified atom stereocenters. The van der Waals surface area contributed by atoms with E-state index >= 15 is 0 Å². The van der Waals surface area contributed by atoms with Gasteiger partial charge in [0.05, 0.1) is 17.6 Å². The molecule has 1 saturated heterocycles. The van der Waals surface area contributed by atoms with Gasteiger partial charge in [0.2, 0.25) is 0 Å². The van der Waals surface area contributed by atoms with E-state index < -0.39 is 0 Å². The van der Waals surface area contributed by atoms with Gasteiger partial charge >= 0.3 is 0 Å². The lowest BCUT2D eigenvalue weighted by molar-refractivity contribution is 0.241. The van der Waals surface area contributed by atoms with Crippen molar-refractivity contribution >= 4 is 11.5 Å². The number of fused-ring (bicyclic) bond motifs is 1. The van der Waals surface area contributed by atoms with Gasteiger partial charge in [0.1, 0.15) is 11.6 Å². The second-order valence-electron chi connectivity index (χ2n) is 9.13. The molecule has 3 aromatic rings. The number of hydrogen-bond acceptors (Lipinski definition) is 6. The van der Waals surface area contributed by atoms with Crippen molar-refractivity contribution in [2.45, 2.75) is 51.5 Å². The molecule has 0 N–H and O–H groups in total. The largest absolute Gasteiger partial charge is 0.361 e. The first-order valence-electron chi connectivity index (χ1n) is 10.3. The Morgan fingerprint density at radius 1 is 1.11 bits per heavy atom. The van der Waals surface area contributed by atoms with Crippen molar-refractivity contribution in [3.8, 4) is 0 Å².